The van der Waals surface area contributed by atoms with Crippen molar-refractivity contribution >= 4 is 66.6 Å². The van der Waals surface area contributed by atoms with Crippen LogP contribution in [0.3, 0.4) is 0 Å². The van der Waals surface area contributed by atoms with E-state index in [0.717, 1.165) is 78.2 Å². The first-order chi connectivity index (χ1) is 28.2. The highest BCUT2D eigenvalue weighted by molar-refractivity contribution is 7.22. The lowest BCUT2D eigenvalue weighted by molar-refractivity contribution is 0.669. The molecule has 0 saturated heterocycles. The van der Waals surface area contributed by atoms with Crippen LogP contribution in [0.15, 0.2) is 192 Å². The second-order valence-corrected chi connectivity index (χ2v) is 15.7. The van der Waals surface area contributed by atoms with E-state index in [1.165, 1.54) is 38.9 Å². The van der Waals surface area contributed by atoms with Crippen molar-refractivity contribution in [1.82, 2.24) is 4.98 Å². The molecule has 2 aromatic heterocycles. The van der Waals surface area contributed by atoms with E-state index in [1.54, 1.807) is 11.3 Å². The van der Waals surface area contributed by atoms with E-state index in [1.807, 2.05) is 6.07 Å². The molecule has 4 heteroatoms. The number of thiazole rings is 1. The van der Waals surface area contributed by atoms with Crippen molar-refractivity contribution in [2.24, 2.45) is 0 Å². The Morgan fingerprint density at radius 2 is 1.19 bits per heavy atom. The van der Waals surface area contributed by atoms with E-state index in [0.29, 0.717) is 0 Å². The van der Waals surface area contributed by atoms with Crippen molar-refractivity contribution in [1.29, 1.82) is 0 Å². The molecule has 0 amide bonds. The first-order valence-electron chi connectivity index (χ1n) is 19.5. The third kappa shape index (κ3) is 6.03. The minimum absolute atomic E-state index is 0.844. The zero-order chi connectivity index (χ0) is 37.7. The number of anilines is 3. The van der Waals surface area contributed by atoms with E-state index in [4.69, 9.17) is 9.40 Å². The van der Waals surface area contributed by atoms with E-state index in [9.17, 15) is 0 Å². The van der Waals surface area contributed by atoms with Gasteiger partial charge in [-0.3, -0.25) is 0 Å². The summed E-state index contributed by atoms with van der Waals surface area (Å²) in [5, 5.41) is 3.21. The predicted molar refractivity (Wildman–Crippen MR) is 241 cm³/mol. The standard InChI is InChI=1S/C53H36N2OS/c1-4-12-35(13-5-1)38-22-25-43(26-23-38)55(48-30-24-41(36-14-6-2-7-15-36)33-46(48)42-21-20-37-16-10-11-19-40(37)32-42)44-27-28-45-50(34-44)56-49-31-29-47-52(51(45)49)57-53(54-47)39-17-8-3-9-18-39/h1-9,11-15,17-34H,10,16H2. The maximum atomic E-state index is 6.71. The Labute approximate surface area is 335 Å². The van der Waals surface area contributed by atoms with Gasteiger partial charge in [0, 0.05) is 39.3 Å². The monoisotopic (exact) mass is 748 g/mol. The molecular weight excluding hydrogens is 713 g/mol. The minimum Gasteiger partial charge on any atom is -0.456 e. The summed E-state index contributed by atoms with van der Waals surface area (Å²) in [5.74, 6) is 0. The molecule has 270 valence electrons. The molecule has 1 aliphatic rings. The first-order valence-corrected chi connectivity index (χ1v) is 20.3. The Balaban J connectivity index is 1.11. The van der Waals surface area contributed by atoms with Gasteiger partial charge in [0.05, 0.1) is 15.9 Å². The summed E-state index contributed by atoms with van der Waals surface area (Å²) in [6, 6.07) is 65.3. The van der Waals surface area contributed by atoms with Crippen LogP contribution in [-0.4, -0.2) is 4.98 Å². The molecule has 10 aromatic rings. The van der Waals surface area contributed by atoms with Crippen LogP contribution in [0.4, 0.5) is 17.1 Å². The lowest BCUT2D eigenvalue weighted by Gasteiger charge is -2.29. The van der Waals surface area contributed by atoms with Crippen molar-refractivity contribution in [2.45, 2.75) is 12.8 Å². The molecule has 0 fully saturated rings. The Bertz CT molecular complexity index is 3110. The quantitative estimate of drug-likeness (QED) is 0.163. The van der Waals surface area contributed by atoms with Crippen molar-refractivity contribution in [3.63, 3.8) is 0 Å². The lowest BCUT2D eigenvalue weighted by atomic mass is 9.91. The summed E-state index contributed by atoms with van der Waals surface area (Å²) in [5.41, 5.74) is 16.8. The molecular formula is C53H36N2OS. The maximum absolute atomic E-state index is 6.71. The van der Waals surface area contributed by atoms with Crippen molar-refractivity contribution in [3.8, 4) is 44.0 Å². The first kappa shape index (κ1) is 33.3. The average Bonchev–Trinajstić information content (AvgIpc) is 3.89. The van der Waals surface area contributed by atoms with Gasteiger partial charge in [-0.05, 0) is 106 Å². The molecule has 11 rings (SSSR count). The number of rotatable bonds is 7. The summed E-state index contributed by atoms with van der Waals surface area (Å²) in [4.78, 5) is 7.42. The molecule has 57 heavy (non-hydrogen) atoms. The number of hydrogen-bond acceptors (Lipinski definition) is 4. The summed E-state index contributed by atoms with van der Waals surface area (Å²) < 4.78 is 7.86. The summed E-state index contributed by atoms with van der Waals surface area (Å²) in [6.45, 7) is 0. The highest BCUT2D eigenvalue weighted by atomic mass is 32.1. The Morgan fingerprint density at radius 1 is 0.526 bits per heavy atom. The van der Waals surface area contributed by atoms with Gasteiger partial charge in [0.1, 0.15) is 16.2 Å². The molecule has 0 saturated carbocycles. The van der Waals surface area contributed by atoms with E-state index >= 15 is 0 Å². The molecule has 1 aliphatic carbocycles. The number of nitrogens with zero attached hydrogens (tertiary/aromatic N) is 2. The molecule has 0 atom stereocenters. The Kier molecular flexibility index (Phi) is 8.15. The third-order valence-electron chi connectivity index (χ3n) is 11.2. The van der Waals surface area contributed by atoms with Crippen LogP contribution < -0.4 is 4.90 Å². The molecule has 2 heterocycles. The van der Waals surface area contributed by atoms with Crippen LogP contribution >= 0.6 is 11.3 Å². The minimum atomic E-state index is 0.844. The van der Waals surface area contributed by atoms with Crippen molar-refractivity contribution in [2.75, 3.05) is 4.90 Å². The highest BCUT2D eigenvalue weighted by Gasteiger charge is 2.22. The van der Waals surface area contributed by atoms with Crippen LogP contribution in [0.2, 0.25) is 0 Å². The number of benzene rings is 8. The smallest absolute Gasteiger partial charge is 0.137 e. The number of hydrogen-bond donors (Lipinski definition) is 0. The Hall–Kier alpha value is -7.01. The Morgan fingerprint density at radius 3 is 1.96 bits per heavy atom. The second-order valence-electron chi connectivity index (χ2n) is 14.7. The van der Waals surface area contributed by atoms with Crippen LogP contribution in [0.25, 0.3) is 82.2 Å². The fourth-order valence-corrected chi connectivity index (χ4v) is 9.43. The SMILES string of the molecule is C1=Cc2cc(-c3cc(-c4ccccc4)ccc3N(c3ccc(-c4ccccc4)cc3)c3ccc4c(c3)oc3ccc5nc(-c6ccccc6)sc5c34)ccc2CC1. The van der Waals surface area contributed by atoms with Crippen LogP contribution in [-0.2, 0) is 6.42 Å². The topological polar surface area (TPSA) is 29.3 Å². The fraction of sp³-hybridized carbons (Fsp3) is 0.0377. The number of aromatic nitrogens is 1. The van der Waals surface area contributed by atoms with Gasteiger partial charge in [0.2, 0.25) is 0 Å². The van der Waals surface area contributed by atoms with Gasteiger partial charge in [-0.2, -0.15) is 0 Å². The molecule has 3 nitrogen and oxygen atoms in total. The van der Waals surface area contributed by atoms with Gasteiger partial charge in [0.25, 0.3) is 0 Å². The van der Waals surface area contributed by atoms with Crippen LogP contribution in [0.1, 0.15) is 17.5 Å². The zero-order valence-corrected chi connectivity index (χ0v) is 31.9. The normalized spacial score (nSPS) is 12.4. The number of allylic oxidation sites excluding steroid dienone is 1. The molecule has 0 bridgehead atoms. The number of furan rings is 1. The van der Waals surface area contributed by atoms with E-state index in [2.05, 4.69) is 193 Å². The van der Waals surface area contributed by atoms with Crippen LogP contribution in [0, 0.1) is 0 Å². The lowest BCUT2D eigenvalue weighted by Crippen LogP contribution is -2.11. The maximum Gasteiger partial charge on any atom is 0.137 e. The van der Waals surface area contributed by atoms with Gasteiger partial charge in [-0.15, -0.1) is 11.3 Å². The van der Waals surface area contributed by atoms with Gasteiger partial charge < -0.3 is 9.32 Å². The van der Waals surface area contributed by atoms with Gasteiger partial charge in [0.15, 0.2) is 0 Å². The summed E-state index contributed by atoms with van der Waals surface area (Å²) in [6.07, 6.45) is 6.73. The third-order valence-corrected chi connectivity index (χ3v) is 12.3. The molecule has 0 spiro atoms. The molecule has 0 aliphatic heterocycles. The molecule has 8 aromatic carbocycles. The molecule has 0 radical (unpaired) electrons. The largest absolute Gasteiger partial charge is 0.456 e. The van der Waals surface area contributed by atoms with E-state index in [-0.39, 0.29) is 0 Å². The van der Waals surface area contributed by atoms with Gasteiger partial charge in [-0.1, -0.05) is 133 Å². The number of aryl methyl sites for hydroxylation is 1. The predicted octanol–water partition coefficient (Wildman–Crippen LogP) is 15.3. The fourth-order valence-electron chi connectivity index (χ4n) is 8.31. The average molecular weight is 749 g/mol. The molecule has 0 N–H and O–H groups in total. The van der Waals surface area contributed by atoms with Crippen molar-refractivity contribution < 1.29 is 4.42 Å². The van der Waals surface area contributed by atoms with Crippen molar-refractivity contribution in [3.05, 3.63) is 199 Å². The number of fused-ring (bicyclic) bond motifs is 6. The van der Waals surface area contributed by atoms with Crippen LogP contribution in [0.5, 0.6) is 0 Å². The molecule has 0 unspecified atom stereocenters. The summed E-state index contributed by atoms with van der Waals surface area (Å²) >= 11 is 1.73. The van der Waals surface area contributed by atoms with Gasteiger partial charge >= 0.3 is 0 Å². The summed E-state index contributed by atoms with van der Waals surface area (Å²) in [7, 11) is 0. The zero-order valence-electron chi connectivity index (χ0n) is 31.1. The van der Waals surface area contributed by atoms with Gasteiger partial charge in [-0.25, -0.2) is 4.98 Å². The second kappa shape index (κ2) is 13.9. The van der Waals surface area contributed by atoms with E-state index < -0.39 is 0 Å². The highest BCUT2D eigenvalue weighted by Crippen LogP contribution is 2.46.